The van der Waals surface area contributed by atoms with Gasteiger partial charge in [0.2, 0.25) is 10.0 Å². The maximum atomic E-state index is 12.6. The second-order valence-corrected chi connectivity index (χ2v) is 8.89. The van der Waals surface area contributed by atoms with E-state index >= 15 is 0 Å². The third-order valence-corrected chi connectivity index (χ3v) is 7.51. The normalized spacial score (nSPS) is 20.1. The van der Waals surface area contributed by atoms with Crippen LogP contribution in [0.2, 0.25) is 0 Å². The van der Waals surface area contributed by atoms with Crippen LogP contribution in [0.5, 0.6) is 0 Å². The van der Waals surface area contributed by atoms with E-state index in [2.05, 4.69) is 17.0 Å². The Kier molecular flexibility index (Phi) is 4.34. The summed E-state index contributed by atoms with van der Waals surface area (Å²) in [5, 5.41) is 3.51. The summed E-state index contributed by atoms with van der Waals surface area (Å²) in [4.78, 5) is 2.70. The van der Waals surface area contributed by atoms with Crippen LogP contribution >= 0.6 is 11.3 Å². The standard InChI is InChI=1S/C17H20N2O3S2/c20-24(21,16-7-10-23-12-16)18-8-5-15(6-9-18)19-13-22-11-14-3-1-2-4-17(14)19/h1-4,7,10,12,15H,5-6,8-9,11,13H2. The Morgan fingerprint density at radius 3 is 2.67 bits per heavy atom. The van der Waals surface area contributed by atoms with Gasteiger partial charge in [-0.2, -0.15) is 15.6 Å². The molecule has 0 N–H and O–H groups in total. The SMILES string of the molecule is O=S(=O)(c1ccsc1)N1CCC(N2COCc3ccccc32)CC1. The lowest BCUT2D eigenvalue weighted by molar-refractivity contribution is 0.0988. The molecule has 0 radical (unpaired) electrons. The molecule has 7 heteroatoms. The van der Waals surface area contributed by atoms with Crippen molar-refractivity contribution in [2.75, 3.05) is 24.7 Å². The Labute approximate surface area is 146 Å². The smallest absolute Gasteiger partial charge is 0.243 e. The number of piperidine rings is 1. The van der Waals surface area contributed by atoms with Crippen LogP contribution in [0, 0.1) is 0 Å². The van der Waals surface area contributed by atoms with Crippen LogP contribution in [0.1, 0.15) is 18.4 Å². The highest BCUT2D eigenvalue weighted by Crippen LogP contribution is 2.31. The molecule has 1 aromatic heterocycles. The number of hydrogen-bond donors (Lipinski definition) is 0. The van der Waals surface area contributed by atoms with Gasteiger partial charge >= 0.3 is 0 Å². The minimum Gasteiger partial charge on any atom is -0.356 e. The van der Waals surface area contributed by atoms with Gasteiger partial charge in [-0.25, -0.2) is 8.42 Å². The molecule has 24 heavy (non-hydrogen) atoms. The number of ether oxygens (including phenoxy) is 1. The first-order valence-electron chi connectivity index (χ1n) is 8.11. The maximum Gasteiger partial charge on any atom is 0.243 e. The van der Waals surface area contributed by atoms with Crippen LogP contribution < -0.4 is 4.90 Å². The number of anilines is 1. The molecule has 0 spiro atoms. The molecule has 5 nitrogen and oxygen atoms in total. The van der Waals surface area contributed by atoms with Gasteiger partial charge in [0.25, 0.3) is 0 Å². The zero-order chi connectivity index (χ0) is 16.6. The zero-order valence-electron chi connectivity index (χ0n) is 13.3. The van der Waals surface area contributed by atoms with Gasteiger partial charge in [0.15, 0.2) is 0 Å². The Bertz CT molecular complexity index is 797. The number of thiophene rings is 1. The van der Waals surface area contributed by atoms with Gasteiger partial charge in [-0.15, -0.1) is 0 Å². The Morgan fingerprint density at radius 2 is 1.92 bits per heavy atom. The van der Waals surface area contributed by atoms with Crippen LogP contribution in [0.3, 0.4) is 0 Å². The van der Waals surface area contributed by atoms with E-state index in [0.29, 0.717) is 37.4 Å². The van der Waals surface area contributed by atoms with Crippen molar-refractivity contribution in [2.45, 2.75) is 30.4 Å². The van der Waals surface area contributed by atoms with Gasteiger partial charge in [0.05, 0.1) is 11.5 Å². The molecule has 2 aliphatic heterocycles. The van der Waals surface area contributed by atoms with Crippen LogP contribution in [0.4, 0.5) is 5.69 Å². The van der Waals surface area contributed by atoms with Crippen molar-refractivity contribution in [3.8, 4) is 0 Å². The number of hydrogen-bond acceptors (Lipinski definition) is 5. The lowest BCUT2D eigenvalue weighted by Crippen LogP contribution is -2.48. The van der Waals surface area contributed by atoms with Crippen LogP contribution in [0.25, 0.3) is 0 Å². The van der Waals surface area contributed by atoms with E-state index in [0.717, 1.165) is 12.8 Å². The number of nitrogens with zero attached hydrogens (tertiary/aromatic N) is 2. The minimum absolute atomic E-state index is 0.320. The van der Waals surface area contributed by atoms with Crippen LogP contribution in [-0.4, -0.2) is 38.6 Å². The van der Waals surface area contributed by atoms with Crippen LogP contribution in [-0.2, 0) is 21.4 Å². The first-order valence-corrected chi connectivity index (χ1v) is 10.5. The summed E-state index contributed by atoms with van der Waals surface area (Å²) in [6.45, 7) is 2.35. The Balaban J connectivity index is 1.48. The van der Waals surface area contributed by atoms with Crippen molar-refractivity contribution < 1.29 is 13.2 Å². The van der Waals surface area contributed by atoms with Crippen molar-refractivity contribution in [3.05, 3.63) is 46.7 Å². The lowest BCUT2D eigenvalue weighted by atomic mass is 10.0. The number of sulfonamides is 1. The number of fused-ring (bicyclic) bond motifs is 1. The van der Waals surface area contributed by atoms with Crippen LogP contribution in [0.15, 0.2) is 46.0 Å². The van der Waals surface area contributed by atoms with E-state index < -0.39 is 10.0 Å². The topological polar surface area (TPSA) is 49.9 Å². The highest BCUT2D eigenvalue weighted by molar-refractivity contribution is 7.89. The molecule has 1 saturated heterocycles. The maximum absolute atomic E-state index is 12.6. The molecule has 1 aromatic carbocycles. The second-order valence-electron chi connectivity index (χ2n) is 6.17. The molecule has 2 aliphatic rings. The van der Waals surface area contributed by atoms with E-state index in [1.165, 1.54) is 22.6 Å². The molecule has 0 bridgehead atoms. The lowest BCUT2D eigenvalue weighted by Gasteiger charge is -2.41. The van der Waals surface area contributed by atoms with Gasteiger partial charge in [-0.1, -0.05) is 18.2 Å². The monoisotopic (exact) mass is 364 g/mol. The molecule has 128 valence electrons. The summed E-state index contributed by atoms with van der Waals surface area (Å²) in [6, 6.07) is 10.3. The molecule has 2 aromatic rings. The van der Waals surface area contributed by atoms with Gasteiger partial charge < -0.3 is 9.64 Å². The summed E-state index contributed by atoms with van der Waals surface area (Å²) in [5.74, 6) is 0. The summed E-state index contributed by atoms with van der Waals surface area (Å²) < 4.78 is 32.6. The molecule has 3 heterocycles. The van der Waals surface area contributed by atoms with Crippen molar-refractivity contribution in [2.24, 2.45) is 0 Å². The number of para-hydroxylation sites is 1. The van der Waals surface area contributed by atoms with Crippen molar-refractivity contribution >= 4 is 27.0 Å². The number of rotatable bonds is 3. The molecule has 0 amide bonds. The molecule has 0 unspecified atom stereocenters. The molecular weight excluding hydrogens is 344 g/mol. The summed E-state index contributed by atoms with van der Waals surface area (Å²) in [5.41, 5.74) is 2.43. The minimum atomic E-state index is -3.34. The molecule has 1 fully saturated rings. The first kappa shape index (κ1) is 16.1. The highest BCUT2D eigenvalue weighted by atomic mass is 32.2. The predicted molar refractivity (Wildman–Crippen MR) is 94.7 cm³/mol. The summed E-state index contributed by atoms with van der Waals surface area (Å²) in [6.07, 6.45) is 1.64. The fraction of sp³-hybridized carbons (Fsp3) is 0.412. The molecular formula is C17H20N2O3S2. The molecule has 4 rings (SSSR count). The third-order valence-electron chi connectivity index (χ3n) is 4.79. The van der Waals surface area contributed by atoms with Gasteiger partial charge in [-0.3, -0.25) is 0 Å². The van der Waals surface area contributed by atoms with E-state index in [4.69, 9.17) is 4.74 Å². The fourth-order valence-corrected chi connectivity index (χ4v) is 5.97. The summed E-state index contributed by atoms with van der Waals surface area (Å²) >= 11 is 1.42. The van der Waals surface area contributed by atoms with Crippen molar-refractivity contribution in [1.82, 2.24) is 4.31 Å². The predicted octanol–water partition coefficient (Wildman–Crippen LogP) is 2.90. The third kappa shape index (κ3) is 2.86. The quantitative estimate of drug-likeness (QED) is 0.840. The average Bonchev–Trinajstić information content (AvgIpc) is 3.17. The van der Waals surface area contributed by atoms with E-state index in [-0.39, 0.29) is 0 Å². The molecule has 0 atom stereocenters. The van der Waals surface area contributed by atoms with Crippen molar-refractivity contribution in [3.63, 3.8) is 0 Å². The van der Waals surface area contributed by atoms with Gasteiger partial charge in [-0.05, 0) is 30.4 Å². The van der Waals surface area contributed by atoms with E-state index in [9.17, 15) is 8.42 Å². The fourth-order valence-electron chi connectivity index (χ4n) is 3.48. The molecule has 0 aliphatic carbocycles. The summed E-state index contributed by atoms with van der Waals surface area (Å²) in [7, 11) is -3.34. The Hall–Kier alpha value is -1.41. The second kappa shape index (κ2) is 6.48. The number of benzene rings is 1. The van der Waals surface area contributed by atoms with Crippen molar-refractivity contribution in [1.29, 1.82) is 0 Å². The highest BCUT2D eigenvalue weighted by Gasteiger charge is 2.33. The average molecular weight is 364 g/mol. The van der Waals surface area contributed by atoms with Gasteiger partial charge in [0, 0.05) is 35.8 Å². The molecule has 0 saturated carbocycles. The largest absolute Gasteiger partial charge is 0.356 e. The van der Waals surface area contributed by atoms with E-state index in [1.807, 2.05) is 17.5 Å². The zero-order valence-corrected chi connectivity index (χ0v) is 14.9. The first-order chi connectivity index (χ1) is 11.7. The Morgan fingerprint density at radius 1 is 1.12 bits per heavy atom. The van der Waals surface area contributed by atoms with E-state index in [1.54, 1.807) is 15.8 Å². The van der Waals surface area contributed by atoms with Gasteiger partial charge in [0.1, 0.15) is 6.73 Å².